The number of nitrogens with zero attached hydrogens (tertiary/aromatic N) is 4. The number of nitro groups is 2. The molecule has 0 aliphatic rings. The lowest BCUT2D eigenvalue weighted by molar-refractivity contribution is -0.394. The predicted octanol–water partition coefficient (Wildman–Crippen LogP) is 2.29. The zero-order valence-corrected chi connectivity index (χ0v) is 9.90. The molecule has 1 heterocycles. The van der Waals surface area contributed by atoms with Gasteiger partial charge in [-0.1, -0.05) is 5.16 Å². The highest BCUT2D eigenvalue weighted by atomic mass is 35.5. The van der Waals surface area contributed by atoms with E-state index in [2.05, 4.69) is 10.1 Å². The van der Waals surface area contributed by atoms with E-state index < -0.39 is 21.2 Å². The molecule has 10 heteroatoms. The monoisotopic (exact) mass is 284 g/mol. The maximum absolute atomic E-state index is 10.7. The Kier molecular flexibility index (Phi) is 3.38. The molecule has 0 amide bonds. The van der Waals surface area contributed by atoms with E-state index in [-0.39, 0.29) is 23.2 Å². The van der Waals surface area contributed by atoms with Crippen molar-refractivity contribution in [3.05, 3.63) is 44.3 Å². The fourth-order valence-corrected chi connectivity index (χ4v) is 1.47. The number of non-ortho nitro benzene ring substituents is 2. The van der Waals surface area contributed by atoms with Gasteiger partial charge in [0.2, 0.25) is 11.7 Å². The van der Waals surface area contributed by atoms with Crippen LogP contribution in [-0.4, -0.2) is 20.0 Å². The second-order valence-corrected chi connectivity index (χ2v) is 3.66. The first kappa shape index (κ1) is 12.9. The summed E-state index contributed by atoms with van der Waals surface area (Å²) < 4.78 is 4.74. The summed E-state index contributed by atoms with van der Waals surface area (Å²) in [6.45, 7) is 0. The molecule has 0 bridgehead atoms. The molecule has 0 fully saturated rings. The number of benzene rings is 1. The Balaban J connectivity index is 2.55. The van der Waals surface area contributed by atoms with Gasteiger partial charge in [-0.3, -0.25) is 20.2 Å². The molecule has 0 aliphatic heterocycles. The zero-order chi connectivity index (χ0) is 14.0. The summed E-state index contributed by atoms with van der Waals surface area (Å²) in [5.41, 5.74) is -0.746. The van der Waals surface area contributed by atoms with Crippen molar-refractivity contribution in [3.8, 4) is 11.4 Å². The lowest BCUT2D eigenvalue weighted by Crippen LogP contribution is -1.94. The summed E-state index contributed by atoms with van der Waals surface area (Å²) in [7, 11) is 0. The fraction of sp³-hybridized carbons (Fsp3) is 0.111. The van der Waals surface area contributed by atoms with Crippen LogP contribution in [0.15, 0.2) is 22.7 Å². The average molecular weight is 285 g/mol. The van der Waals surface area contributed by atoms with Crippen molar-refractivity contribution in [2.45, 2.75) is 5.88 Å². The van der Waals surface area contributed by atoms with Crippen LogP contribution in [-0.2, 0) is 5.88 Å². The Morgan fingerprint density at radius 2 is 1.74 bits per heavy atom. The highest BCUT2D eigenvalue weighted by Crippen LogP contribution is 2.28. The van der Waals surface area contributed by atoms with E-state index in [0.717, 1.165) is 18.2 Å². The minimum absolute atomic E-state index is 0.00227. The van der Waals surface area contributed by atoms with Gasteiger partial charge >= 0.3 is 0 Å². The molecule has 0 radical (unpaired) electrons. The second-order valence-electron chi connectivity index (χ2n) is 3.40. The largest absolute Gasteiger partial charge is 0.338 e. The third-order valence-corrected chi connectivity index (χ3v) is 2.39. The maximum atomic E-state index is 10.7. The molecule has 9 nitrogen and oxygen atoms in total. The fourth-order valence-electron chi connectivity index (χ4n) is 1.36. The van der Waals surface area contributed by atoms with Crippen LogP contribution in [0.1, 0.15) is 5.89 Å². The van der Waals surface area contributed by atoms with Gasteiger partial charge in [0.05, 0.1) is 15.9 Å². The van der Waals surface area contributed by atoms with Crippen molar-refractivity contribution < 1.29 is 14.4 Å². The van der Waals surface area contributed by atoms with Crippen molar-refractivity contribution >= 4 is 23.0 Å². The number of hydrogen-bond acceptors (Lipinski definition) is 7. The smallest absolute Gasteiger partial charge is 0.277 e. The summed E-state index contributed by atoms with van der Waals surface area (Å²) in [5.74, 6) is 0.0950. The molecule has 2 rings (SSSR count). The normalized spacial score (nSPS) is 10.4. The van der Waals surface area contributed by atoms with Crippen LogP contribution >= 0.6 is 11.6 Å². The predicted molar refractivity (Wildman–Crippen MR) is 62.6 cm³/mol. The molecule has 0 atom stereocenters. The van der Waals surface area contributed by atoms with E-state index in [1.54, 1.807) is 0 Å². The molecule has 0 N–H and O–H groups in total. The Morgan fingerprint density at radius 3 is 2.16 bits per heavy atom. The van der Waals surface area contributed by atoms with Gasteiger partial charge in [-0.25, -0.2) is 0 Å². The van der Waals surface area contributed by atoms with Gasteiger partial charge in [-0.05, 0) is 0 Å². The van der Waals surface area contributed by atoms with E-state index >= 15 is 0 Å². The molecule has 0 saturated carbocycles. The summed E-state index contributed by atoms with van der Waals surface area (Å²) in [4.78, 5) is 23.8. The number of alkyl halides is 1. The molecule has 0 spiro atoms. The minimum atomic E-state index is -0.737. The summed E-state index contributed by atoms with van der Waals surface area (Å²) >= 11 is 5.48. The topological polar surface area (TPSA) is 125 Å². The summed E-state index contributed by atoms with van der Waals surface area (Å²) in [6, 6.07) is 3.10. The van der Waals surface area contributed by atoms with Gasteiger partial charge in [0.25, 0.3) is 11.4 Å². The summed E-state index contributed by atoms with van der Waals surface area (Å²) in [5, 5.41) is 25.0. The number of halogens is 1. The molecule has 1 aromatic heterocycles. The van der Waals surface area contributed by atoms with Crippen molar-refractivity contribution in [1.29, 1.82) is 0 Å². The number of hydrogen-bond donors (Lipinski definition) is 0. The van der Waals surface area contributed by atoms with E-state index in [9.17, 15) is 20.2 Å². The summed E-state index contributed by atoms with van der Waals surface area (Å²) in [6.07, 6.45) is 0. The highest BCUT2D eigenvalue weighted by molar-refractivity contribution is 6.16. The first-order valence-electron chi connectivity index (χ1n) is 4.84. The second kappa shape index (κ2) is 4.98. The van der Waals surface area contributed by atoms with Crippen LogP contribution < -0.4 is 0 Å². The van der Waals surface area contributed by atoms with Crippen LogP contribution in [0, 0.1) is 20.2 Å². The molecule has 1 aromatic carbocycles. The van der Waals surface area contributed by atoms with Crippen LogP contribution in [0.25, 0.3) is 11.4 Å². The first-order valence-corrected chi connectivity index (χ1v) is 5.37. The van der Waals surface area contributed by atoms with Gasteiger partial charge in [-0.15, -0.1) is 11.6 Å². The number of rotatable bonds is 4. The molecule has 19 heavy (non-hydrogen) atoms. The van der Waals surface area contributed by atoms with E-state index in [1.807, 2.05) is 0 Å². The van der Waals surface area contributed by atoms with Gasteiger partial charge in [0.15, 0.2) is 0 Å². The van der Waals surface area contributed by atoms with Crippen molar-refractivity contribution in [2.24, 2.45) is 0 Å². The molecular formula is C9H5ClN4O5. The SMILES string of the molecule is O=[N+]([O-])c1cc(-c2noc(CCl)n2)cc([N+](=O)[O-])c1. The van der Waals surface area contributed by atoms with Crippen molar-refractivity contribution in [2.75, 3.05) is 0 Å². The molecule has 0 unspecified atom stereocenters. The van der Waals surface area contributed by atoms with Crippen LogP contribution in [0.2, 0.25) is 0 Å². The van der Waals surface area contributed by atoms with E-state index in [4.69, 9.17) is 16.1 Å². The van der Waals surface area contributed by atoms with Crippen molar-refractivity contribution in [3.63, 3.8) is 0 Å². The Bertz CT molecular complexity index is 624. The maximum Gasteiger partial charge on any atom is 0.277 e. The number of aromatic nitrogens is 2. The Labute approximate surface area is 110 Å². The van der Waals surface area contributed by atoms with E-state index in [1.165, 1.54) is 0 Å². The molecular weight excluding hydrogens is 280 g/mol. The van der Waals surface area contributed by atoms with Crippen LogP contribution in [0.5, 0.6) is 0 Å². The van der Waals surface area contributed by atoms with E-state index in [0.29, 0.717) is 0 Å². The van der Waals surface area contributed by atoms with Gasteiger partial charge in [-0.2, -0.15) is 4.98 Å². The Hall–Kier alpha value is -2.55. The third-order valence-electron chi connectivity index (χ3n) is 2.16. The minimum Gasteiger partial charge on any atom is -0.338 e. The standard InChI is InChI=1S/C9H5ClN4O5/c10-4-8-11-9(12-19-8)5-1-6(13(15)16)3-7(2-5)14(17)18/h1-3H,4H2. The zero-order valence-electron chi connectivity index (χ0n) is 9.15. The quantitative estimate of drug-likeness (QED) is 0.479. The highest BCUT2D eigenvalue weighted by Gasteiger charge is 2.19. The lowest BCUT2D eigenvalue weighted by Gasteiger charge is -1.96. The van der Waals surface area contributed by atoms with Crippen LogP contribution in [0.3, 0.4) is 0 Å². The first-order chi connectivity index (χ1) is 9.01. The van der Waals surface area contributed by atoms with Crippen molar-refractivity contribution in [1.82, 2.24) is 10.1 Å². The van der Waals surface area contributed by atoms with Crippen LogP contribution in [0.4, 0.5) is 11.4 Å². The van der Waals surface area contributed by atoms with Gasteiger partial charge in [0.1, 0.15) is 5.88 Å². The number of nitro benzene ring substituents is 2. The van der Waals surface area contributed by atoms with Gasteiger partial charge in [0, 0.05) is 17.7 Å². The van der Waals surface area contributed by atoms with Gasteiger partial charge < -0.3 is 4.52 Å². The lowest BCUT2D eigenvalue weighted by atomic mass is 10.1. The molecule has 0 saturated heterocycles. The molecule has 0 aliphatic carbocycles. The average Bonchev–Trinajstić information content (AvgIpc) is 2.86. The third kappa shape index (κ3) is 2.65. The Morgan fingerprint density at radius 1 is 1.16 bits per heavy atom. The molecule has 2 aromatic rings. The molecule has 98 valence electrons.